The normalized spacial score (nSPS) is 16.5. The van der Waals surface area contributed by atoms with Gasteiger partial charge in [-0.1, -0.05) is 0 Å². The Morgan fingerprint density at radius 1 is 1.33 bits per heavy atom. The average Bonchev–Trinajstić information content (AvgIpc) is 2.39. The van der Waals surface area contributed by atoms with Crippen molar-refractivity contribution in [1.29, 1.82) is 0 Å². The number of amides is 2. The number of hydrogen-bond donors (Lipinski definition) is 1. The van der Waals surface area contributed by atoms with Crippen LogP contribution in [-0.2, 0) is 19.1 Å². The summed E-state index contributed by atoms with van der Waals surface area (Å²) < 4.78 is 10.0. The number of carbonyl (C=O) groups excluding carboxylic acids is 2. The van der Waals surface area contributed by atoms with Gasteiger partial charge in [-0.3, -0.25) is 9.59 Å². The SMILES string of the molecule is COCCNC(=O)C(C)(C)C(=O)N1CCOCC1. The van der Waals surface area contributed by atoms with Gasteiger partial charge in [0, 0.05) is 26.7 Å². The van der Waals surface area contributed by atoms with E-state index < -0.39 is 5.41 Å². The van der Waals surface area contributed by atoms with Crippen molar-refractivity contribution < 1.29 is 19.1 Å². The van der Waals surface area contributed by atoms with Crippen LogP contribution in [0.25, 0.3) is 0 Å². The third-order valence-corrected chi connectivity index (χ3v) is 2.99. The van der Waals surface area contributed by atoms with Crippen LogP contribution in [-0.4, -0.2) is 63.3 Å². The first-order valence-corrected chi connectivity index (χ1v) is 6.14. The van der Waals surface area contributed by atoms with Crippen LogP contribution in [0, 0.1) is 5.41 Å². The zero-order valence-electron chi connectivity index (χ0n) is 11.3. The average molecular weight is 258 g/mol. The fourth-order valence-electron chi connectivity index (χ4n) is 1.75. The number of methoxy groups -OCH3 is 1. The van der Waals surface area contributed by atoms with E-state index in [4.69, 9.17) is 9.47 Å². The quantitative estimate of drug-likeness (QED) is 0.540. The number of nitrogens with zero attached hydrogens (tertiary/aromatic N) is 1. The number of morpholine rings is 1. The van der Waals surface area contributed by atoms with E-state index in [-0.39, 0.29) is 11.8 Å². The van der Waals surface area contributed by atoms with E-state index >= 15 is 0 Å². The third-order valence-electron chi connectivity index (χ3n) is 2.99. The van der Waals surface area contributed by atoms with Crippen molar-refractivity contribution in [3.63, 3.8) is 0 Å². The van der Waals surface area contributed by atoms with E-state index in [0.717, 1.165) is 0 Å². The van der Waals surface area contributed by atoms with Gasteiger partial charge in [-0.05, 0) is 13.8 Å². The largest absolute Gasteiger partial charge is 0.383 e. The zero-order chi connectivity index (χ0) is 13.6. The second-order valence-corrected chi connectivity index (χ2v) is 4.78. The summed E-state index contributed by atoms with van der Waals surface area (Å²) in [7, 11) is 1.57. The highest BCUT2D eigenvalue weighted by molar-refractivity contribution is 6.04. The Balaban J connectivity index is 2.54. The number of hydrogen-bond acceptors (Lipinski definition) is 4. The van der Waals surface area contributed by atoms with Gasteiger partial charge in [0.25, 0.3) is 0 Å². The highest BCUT2D eigenvalue weighted by atomic mass is 16.5. The van der Waals surface area contributed by atoms with E-state index in [1.807, 2.05) is 0 Å². The molecule has 0 aromatic carbocycles. The van der Waals surface area contributed by atoms with Crippen LogP contribution in [0.4, 0.5) is 0 Å². The Hall–Kier alpha value is -1.14. The molecule has 104 valence electrons. The van der Waals surface area contributed by atoms with Gasteiger partial charge < -0.3 is 19.7 Å². The lowest BCUT2D eigenvalue weighted by molar-refractivity contribution is -0.151. The maximum absolute atomic E-state index is 12.3. The van der Waals surface area contributed by atoms with E-state index in [1.165, 1.54) is 0 Å². The summed E-state index contributed by atoms with van der Waals surface area (Å²) >= 11 is 0. The maximum atomic E-state index is 12.3. The first-order chi connectivity index (χ1) is 8.50. The topological polar surface area (TPSA) is 67.9 Å². The first-order valence-electron chi connectivity index (χ1n) is 6.14. The molecule has 1 rings (SSSR count). The van der Waals surface area contributed by atoms with Crippen molar-refractivity contribution in [2.24, 2.45) is 5.41 Å². The summed E-state index contributed by atoms with van der Waals surface area (Å²) in [5, 5.41) is 2.70. The minimum atomic E-state index is -1.05. The molecule has 0 saturated carbocycles. The molecule has 6 heteroatoms. The Kier molecular flexibility index (Phi) is 5.55. The molecule has 0 radical (unpaired) electrons. The van der Waals surface area contributed by atoms with E-state index in [0.29, 0.717) is 39.5 Å². The van der Waals surface area contributed by atoms with Gasteiger partial charge >= 0.3 is 0 Å². The third kappa shape index (κ3) is 3.68. The summed E-state index contributed by atoms with van der Waals surface area (Å²) in [6, 6.07) is 0. The molecule has 1 fully saturated rings. The van der Waals surface area contributed by atoms with Crippen LogP contribution < -0.4 is 5.32 Å². The molecule has 6 nitrogen and oxygen atoms in total. The summed E-state index contributed by atoms with van der Waals surface area (Å²) in [6.07, 6.45) is 0. The van der Waals surface area contributed by atoms with Gasteiger partial charge in [-0.15, -0.1) is 0 Å². The Morgan fingerprint density at radius 2 is 1.94 bits per heavy atom. The summed E-state index contributed by atoms with van der Waals surface area (Å²) in [6.45, 7) is 6.31. The highest BCUT2D eigenvalue weighted by Crippen LogP contribution is 2.20. The van der Waals surface area contributed by atoms with Crippen LogP contribution in [0.2, 0.25) is 0 Å². The van der Waals surface area contributed by atoms with E-state index in [9.17, 15) is 9.59 Å². The van der Waals surface area contributed by atoms with Crippen molar-refractivity contribution in [2.75, 3.05) is 46.6 Å². The lowest BCUT2D eigenvalue weighted by Crippen LogP contribution is -2.52. The number of rotatable bonds is 5. The Morgan fingerprint density at radius 3 is 2.50 bits per heavy atom. The number of ether oxygens (including phenoxy) is 2. The predicted molar refractivity (Wildman–Crippen MR) is 66.1 cm³/mol. The van der Waals surface area contributed by atoms with Gasteiger partial charge in [0.2, 0.25) is 11.8 Å². The molecule has 1 saturated heterocycles. The minimum Gasteiger partial charge on any atom is -0.383 e. The molecule has 1 aliphatic heterocycles. The maximum Gasteiger partial charge on any atom is 0.237 e. The van der Waals surface area contributed by atoms with E-state index in [1.54, 1.807) is 25.9 Å². The summed E-state index contributed by atoms with van der Waals surface area (Å²) in [5.41, 5.74) is -1.05. The fourth-order valence-corrected chi connectivity index (χ4v) is 1.75. The molecule has 1 heterocycles. The van der Waals surface area contributed by atoms with Crippen LogP contribution in [0.3, 0.4) is 0 Å². The molecule has 0 aromatic heterocycles. The smallest absolute Gasteiger partial charge is 0.237 e. The zero-order valence-corrected chi connectivity index (χ0v) is 11.3. The van der Waals surface area contributed by atoms with Crippen LogP contribution in [0.5, 0.6) is 0 Å². The lowest BCUT2D eigenvalue weighted by Gasteiger charge is -2.33. The second-order valence-electron chi connectivity index (χ2n) is 4.78. The molecule has 1 aliphatic rings. The van der Waals surface area contributed by atoms with Crippen LogP contribution in [0.15, 0.2) is 0 Å². The molecule has 1 N–H and O–H groups in total. The standard InChI is InChI=1S/C12H22N2O4/c1-12(2,10(15)13-4-7-17-3)11(16)14-5-8-18-9-6-14/h4-9H2,1-3H3,(H,13,15). The Labute approximate surface area is 108 Å². The molecule has 0 atom stereocenters. The highest BCUT2D eigenvalue weighted by Gasteiger charge is 2.39. The van der Waals surface area contributed by atoms with Gasteiger partial charge in [-0.2, -0.15) is 0 Å². The van der Waals surface area contributed by atoms with Gasteiger partial charge in [-0.25, -0.2) is 0 Å². The number of carbonyl (C=O) groups is 2. The molecule has 2 amide bonds. The van der Waals surface area contributed by atoms with Crippen molar-refractivity contribution in [3.05, 3.63) is 0 Å². The van der Waals surface area contributed by atoms with Crippen molar-refractivity contribution in [2.45, 2.75) is 13.8 Å². The molecule has 0 spiro atoms. The summed E-state index contributed by atoms with van der Waals surface area (Å²) in [4.78, 5) is 25.9. The monoisotopic (exact) mass is 258 g/mol. The lowest BCUT2D eigenvalue weighted by atomic mass is 9.90. The van der Waals surface area contributed by atoms with E-state index in [2.05, 4.69) is 5.32 Å². The summed E-state index contributed by atoms with van der Waals surface area (Å²) in [5.74, 6) is -0.420. The van der Waals surface area contributed by atoms with Gasteiger partial charge in [0.1, 0.15) is 5.41 Å². The predicted octanol–water partition coefficient (Wildman–Crippen LogP) is -0.366. The fraction of sp³-hybridized carbons (Fsp3) is 0.833. The van der Waals surface area contributed by atoms with Crippen LogP contribution in [0.1, 0.15) is 13.8 Å². The van der Waals surface area contributed by atoms with Crippen molar-refractivity contribution >= 4 is 11.8 Å². The van der Waals surface area contributed by atoms with Crippen LogP contribution >= 0.6 is 0 Å². The minimum absolute atomic E-state index is 0.152. The second kappa shape index (κ2) is 6.70. The van der Waals surface area contributed by atoms with Crippen molar-refractivity contribution in [3.8, 4) is 0 Å². The molecule has 18 heavy (non-hydrogen) atoms. The molecular formula is C12H22N2O4. The molecular weight excluding hydrogens is 236 g/mol. The van der Waals surface area contributed by atoms with Gasteiger partial charge in [0.15, 0.2) is 0 Å². The number of nitrogens with one attached hydrogen (secondary N) is 1. The van der Waals surface area contributed by atoms with Gasteiger partial charge in [0.05, 0.1) is 19.8 Å². The first kappa shape index (κ1) is 14.9. The van der Waals surface area contributed by atoms with Crippen molar-refractivity contribution in [1.82, 2.24) is 10.2 Å². The Bertz CT molecular complexity index is 298. The molecule has 0 bridgehead atoms. The molecule has 0 aliphatic carbocycles. The molecule has 0 aromatic rings. The molecule has 0 unspecified atom stereocenters.